The van der Waals surface area contributed by atoms with E-state index in [9.17, 15) is 9.59 Å². The van der Waals surface area contributed by atoms with E-state index >= 15 is 0 Å². The number of carbonyl (C=O) groups excluding carboxylic acids is 1. The van der Waals surface area contributed by atoms with Crippen LogP contribution in [0.5, 0.6) is 0 Å². The lowest BCUT2D eigenvalue weighted by molar-refractivity contribution is -0.136. The number of rotatable bonds is 5. The lowest BCUT2D eigenvalue weighted by Gasteiger charge is -2.14. The summed E-state index contributed by atoms with van der Waals surface area (Å²) < 4.78 is 2.11. The number of anilines is 1. The SMILES string of the molecule is Cc1cc(C(=O)Nc2ccccc2CC(=O)O)c(C)n1C(C)C. The number of nitrogens with one attached hydrogen (secondary N) is 1. The Morgan fingerprint density at radius 2 is 1.87 bits per heavy atom. The highest BCUT2D eigenvalue weighted by Gasteiger charge is 2.18. The molecule has 1 aromatic heterocycles. The van der Waals surface area contributed by atoms with Crippen LogP contribution in [0, 0.1) is 13.8 Å². The van der Waals surface area contributed by atoms with Crippen molar-refractivity contribution in [2.45, 2.75) is 40.2 Å². The maximum Gasteiger partial charge on any atom is 0.307 e. The van der Waals surface area contributed by atoms with Gasteiger partial charge in [-0.05, 0) is 45.4 Å². The number of nitrogens with zero attached hydrogens (tertiary/aromatic N) is 1. The molecule has 0 fully saturated rings. The normalized spacial score (nSPS) is 10.8. The van der Waals surface area contributed by atoms with Gasteiger partial charge in [0.1, 0.15) is 0 Å². The van der Waals surface area contributed by atoms with Crippen LogP contribution in [-0.4, -0.2) is 21.6 Å². The van der Waals surface area contributed by atoms with Crippen molar-refractivity contribution in [3.05, 3.63) is 52.8 Å². The molecule has 0 unspecified atom stereocenters. The zero-order chi connectivity index (χ0) is 17.1. The second-order valence-corrected chi connectivity index (χ2v) is 5.93. The van der Waals surface area contributed by atoms with Crippen LogP contribution in [0.3, 0.4) is 0 Å². The van der Waals surface area contributed by atoms with Gasteiger partial charge < -0.3 is 15.0 Å². The van der Waals surface area contributed by atoms with E-state index in [4.69, 9.17) is 5.11 Å². The first-order chi connectivity index (χ1) is 10.8. The molecule has 0 atom stereocenters. The van der Waals surface area contributed by atoms with Crippen molar-refractivity contribution in [3.63, 3.8) is 0 Å². The van der Waals surface area contributed by atoms with Gasteiger partial charge in [-0.25, -0.2) is 0 Å². The zero-order valence-electron chi connectivity index (χ0n) is 13.9. The first-order valence-electron chi connectivity index (χ1n) is 7.60. The molecular weight excluding hydrogens is 292 g/mol. The predicted octanol–water partition coefficient (Wildman–Crippen LogP) is 3.57. The van der Waals surface area contributed by atoms with Gasteiger partial charge in [0, 0.05) is 23.1 Å². The largest absolute Gasteiger partial charge is 0.481 e. The zero-order valence-corrected chi connectivity index (χ0v) is 13.9. The number of para-hydroxylation sites is 1. The van der Waals surface area contributed by atoms with Gasteiger partial charge in [-0.2, -0.15) is 0 Å². The number of aliphatic carboxylic acids is 1. The molecule has 2 aromatic rings. The molecule has 0 spiro atoms. The Morgan fingerprint density at radius 1 is 1.22 bits per heavy atom. The molecule has 0 saturated carbocycles. The quantitative estimate of drug-likeness (QED) is 0.886. The highest BCUT2D eigenvalue weighted by molar-refractivity contribution is 6.05. The lowest BCUT2D eigenvalue weighted by Crippen LogP contribution is -2.15. The van der Waals surface area contributed by atoms with Crippen LogP contribution >= 0.6 is 0 Å². The summed E-state index contributed by atoms with van der Waals surface area (Å²) in [5.41, 5.74) is 3.67. The number of benzene rings is 1. The van der Waals surface area contributed by atoms with E-state index in [2.05, 4.69) is 23.7 Å². The second kappa shape index (κ2) is 6.69. The fourth-order valence-electron chi connectivity index (χ4n) is 2.95. The maximum absolute atomic E-state index is 12.6. The summed E-state index contributed by atoms with van der Waals surface area (Å²) in [5, 5.41) is 11.8. The fourth-order valence-corrected chi connectivity index (χ4v) is 2.95. The van der Waals surface area contributed by atoms with Crippen LogP contribution in [0.2, 0.25) is 0 Å². The summed E-state index contributed by atoms with van der Waals surface area (Å²) in [7, 11) is 0. The number of carbonyl (C=O) groups is 2. The Morgan fingerprint density at radius 3 is 2.43 bits per heavy atom. The molecule has 2 N–H and O–H groups in total. The van der Waals surface area contributed by atoms with E-state index in [1.165, 1.54) is 0 Å². The minimum atomic E-state index is -0.926. The molecule has 0 aliphatic carbocycles. The average Bonchev–Trinajstić information content (AvgIpc) is 2.75. The molecule has 122 valence electrons. The third kappa shape index (κ3) is 3.62. The molecule has 1 amide bonds. The number of hydrogen-bond donors (Lipinski definition) is 2. The molecular formula is C18H22N2O3. The molecule has 1 aromatic carbocycles. The number of carboxylic acid groups (broad SMARTS) is 1. The Labute approximate surface area is 135 Å². The van der Waals surface area contributed by atoms with E-state index in [-0.39, 0.29) is 18.4 Å². The maximum atomic E-state index is 12.6. The summed E-state index contributed by atoms with van der Waals surface area (Å²) in [4.78, 5) is 23.5. The highest BCUT2D eigenvalue weighted by atomic mass is 16.4. The van der Waals surface area contributed by atoms with Crippen molar-refractivity contribution in [3.8, 4) is 0 Å². The van der Waals surface area contributed by atoms with Crippen molar-refractivity contribution in [1.82, 2.24) is 4.57 Å². The number of hydrogen-bond acceptors (Lipinski definition) is 2. The first-order valence-corrected chi connectivity index (χ1v) is 7.60. The number of amides is 1. The third-order valence-corrected chi connectivity index (χ3v) is 3.85. The van der Waals surface area contributed by atoms with Gasteiger partial charge in [0.05, 0.1) is 12.0 Å². The molecule has 5 nitrogen and oxygen atoms in total. The molecule has 1 heterocycles. The molecule has 23 heavy (non-hydrogen) atoms. The van der Waals surface area contributed by atoms with Crippen LogP contribution in [-0.2, 0) is 11.2 Å². The van der Waals surface area contributed by atoms with Crippen LogP contribution < -0.4 is 5.32 Å². The molecule has 0 bridgehead atoms. The summed E-state index contributed by atoms with van der Waals surface area (Å²) in [6, 6.07) is 9.11. The van der Waals surface area contributed by atoms with E-state index < -0.39 is 5.97 Å². The van der Waals surface area contributed by atoms with Crippen LogP contribution in [0.4, 0.5) is 5.69 Å². The van der Waals surface area contributed by atoms with Crippen LogP contribution in [0.25, 0.3) is 0 Å². The Balaban J connectivity index is 2.30. The predicted molar refractivity (Wildman–Crippen MR) is 90.0 cm³/mol. The highest BCUT2D eigenvalue weighted by Crippen LogP contribution is 2.22. The molecule has 0 saturated heterocycles. The number of carboxylic acids is 1. The average molecular weight is 314 g/mol. The molecule has 0 aliphatic heterocycles. The second-order valence-electron chi connectivity index (χ2n) is 5.93. The van der Waals surface area contributed by atoms with Crippen LogP contribution in [0.15, 0.2) is 30.3 Å². The van der Waals surface area contributed by atoms with Crippen molar-refractivity contribution in [1.29, 1.82) is 0 Å². The number of aryl methyl sites for hydroxylation is 1. The lowest BCUT2D eigenvalue weighted by atomic mass is 10.1. The summed E-state index contributed by atoms with van der Waals surface area (Å²) in [6.07, 6.45) is -0.124. The van der Waals surface area contributed by atoms with Gasteiger partial charge in [-0.15, -0.1) is 0 Å². The van der Waals surface area contributed by atoms with Gasteiger partial charge >= 0.3 is 5.97 Å². The minimum Gasteiger partial charge on any atom is -0.481 e. The van der Waals surface area contributed by atoms with Gasteiger partial charge in [-0.3, -0.25) is 9.59 Å². The first kappa shape index (κ1) is 16.8. The van der Waals surface area contributed by atoms with Gasteiger partial charge in [-0.1, -0.05) is 18.2 Å². The van der Waals surface area contributed by atoms with E-state index in [1.54, 1.807) is 24.3 Å². The van der Waals surface area contributed by atoms with Gasteiger partial charge in [0.25, 0.3) is 5.91 Å². The van der Waals surface area contributed by atoms with E-state index in [0.29, 0.717) is 16.8 Å². The molecule has 0 aliphatic rings. The summed E-state index contributed by atoms with van der Waals surface area (Å²) in [5.74, 6) is -1.15. The van der Waals surface area contributed by atoms with Crippen molar-refractivity contribution >= 4 is 17.6 Å². The molecule has 0 radical (unpaired) electrons. The fraction of sp³-hybridized carbons (Fsp3) is 0.333. The summed E-state index contributed by atoms with van der Waals surface area (Å²) >= 11 is 0. The third-order valence-electron chi connectivity index (χ3n) is 3.85. The standard InChI is InChI=1S/C18H22N2O3/c1-11(2)20-12(3)9-15(13(20)4)18(23)19-16-8-6-5-7-14(16)10-17(21)22/h5-9,11H,10H2,1-4H3,(H,19,23)(H,21,22). The smallest absolute Gasteiger partial charge is 0.307 e. The Hall–Kier alpha value is -2.56. The minimum absolute atomic E-state index is 0.124. The molecule has 2 rings (SSSR count). The van der Waals surface area contributed by atoms with Crippen molar-refractivity contribution < 1.29 is 14.7 Å². The topological polar surface area (TPSA) is 71.3 Å². The van der Waals surface area contributed by atoms with Crippen LogP contribution in [0.1, 0.15) is 47.2 Å². The van der Waals surface area contributed by atoms with Gasteiger partial charge in [0.2, 0.25) is 0 Å². The Kier molecular flexibility index (Phi) is 4.89. The van der Waals surface area contributed by atoms with E-state index in [0.717, 1.165) is 11.4 Å². The Bertz CT molecular complexity index is 745. The van der Waals surface area contributed by atoms with Crippen molar-refractivity contribution in [2.24, 2.45) is 0 Å². The monoisotopic (exact) mass is 314 g/mol. The summed E-state index contributed by atoms with van der Waals surface area (Å²) in [6.45, 7) is 8.04. The molecule has 5 heteroatoms. The van der Waals surface area contributed by atoms with Gasteiger partial charge in [0.15, 0.2) is 0 Å². The van der Waals surface area contributed by atoms with Crippen molar-refractivity contribution in [2.75, 3.05) is 5.32 Å². The van der Waals surface area contributed by atoms with E-state index in [1.807, 2.05) is 19.9 Å². The number of aromatic nitrogens is 1.